The number of halogens is 2. The number of aliphatic hydroxyl groups excluding tert-OH is 1. The van der Waals surface area contributed by atoms with Gasteiger partial charge in [0.15, 0.2) is 0 Å². The summed E-state index contributed by atoms with van der Waals surface area (Å²) in [6, 6.07) is 4.03. The Morgan fingerprint density at radius 2 is 2.12 bits per heavy atom. The van der Waals surface area contributed by atoms with Crippen molar-refractivity contribution in [1.82, 2.24) is 15.3 Å². The van der Waals surface area contributed by atoms with Crippen molar-refractivity contribution in [1.29, 1.82) is 0 Å². The van der Waals surface area contributed by atoms with Crippen molar-refractivity contribution in [2.75, 3.05) is 30.3 Å². The van der Waals surface area contributed by atoms with Gasteiger partial charge in [0.25, 0.3) is 5.91 Å². The van der Waals surface area contributed by atoms with Crippen molar-refractivity contribution in [3.8, 4) is 0 Å². The number of hydrogen-bond acceptors (Lipinski definition) is 8. The minimum absolute atomic E-state index is 0.189. The Hall–Kier alpha value is -2.17. The van der Waals surface area contributed by atoms with Crippen LogP contribution in [-0.4, -0.2) is 46.7 Å². The number of nitrogens with zero attached hydrogens (tertiary/aromatic N) is 3. The summed E-state index contributed by atoms with van der Waals surface area (Å²) in [4.78, 5) is 23.9. The molecule has 6 N–H and O–H groups in total. The number of piperidine rings is 1. The average molecular weight is 523 g/mol. The number of aryl methyl sites for hydroxylation is 1. The highest BCUT2D eigenvalue weighted by molar-refractivity contribution is 7.21. The molecular formula is C23H28Cl2N6O2S. The summed E-state index contributed by atoms with van der Waals surface area (Å²) >= 11 is 13.4. The molecule has 0 aliphatic carbocycles. The molecule has 4 heterocycles. The molecule has 34 heavy (non-hydrogen) atoms. The topological polar surface area (TPSA) is 130 Å². The van der Waals surface area contributed by atoms with Crippen molar-refractivity contribution >= 4 is 62.2 Å². The summed E-state index contributed by atoms with van der Waals surface area (Å²) in [7, 11) is 0. The Labute approximate surface area is 212 Å². The van der Waals surface area contributed by atoms with E-state index in [0.717, 1.165) is 60.4 Å². The lowest BCUT2D eigenvalue weighted by Crippen LogP contribution is -2.44. The lowest BCUT2D eigenvalue weighted by molar-refractivity contribution is 0.100. The molecule has 0 spiro atoms. The van der Waals surface area contributed by atoms with Crippen LogP contribution in [0.15, 0.2) is 18.3 Å². The first-order chi connectivity index (χ1) is 16.3. The van der Waals surface area contributed by atoms with E-state index in [0.29, 0.717) is 22.7 Å². The summed E-state index contributed by atoms with van der Waals surface area (Å²) in [5.74, 6) is 0.374. The van der Waals surface area contributed by atoms with Crippen molar-refractivity contribution in [3.05, 3.63) is 44.5 Å². The number of carbonyl (C=O) groups excluding carboxylic acids is 1. The van der Waals surface area contributed by atoms with Gasteiger partial charge < -0.3 is 26.8 Å². The summed E-state index contributed by atoms with van der Waals surface area (Å²) in [5.41, 5.74) is 13.9. The number of anilines is 2. The van der Waals surface area contributed by atoms with E-state index < -0.39 is 12.0 Å². The van der Waals surface area contributed by atoms with Crippen LogP contribution in [0.5, 0.6) is 0 Å². The van der Waals surface area contributed by atoms with Crippen LogP contribution < -0.4 is 21.7 Å². The minimum atomic E-state index is -0.768. The molecule has 1 aliphatic heterocycles. The normalized spacial score (nSPS) is 15.7. The number of nitrogens with one attached hydrogen (secondary N) is 1. The van der Waals surface area contributed by atoms with Gasteiger partial charge >= 0.3 is 0 Å². The molecule has 1 aliphatic rings. The molecule has 8 nitrogen and oxygen atoms in total. The predicted molar refractivity (Wildman–Crippen MR) is 139 cm³/mol. The van der Waals surface area contributed by atoms with E-state index in [1.165, 1.54) is 17.5 Å². The van der Waals surface area contributed by atoms with E-state index >= 15 is 0 Å². The van der Waals surface area contributed by atoms with Gasteiger partial charge in [-0.3, -0.25) is 4.79 Å². The Bertz CT molecular complexity index is 1200. The van der Waals surface area contributed by atoms with E-state index in [1.54, 1.807) is 6.07 Å². The molecule has 3 aromatic rings. The number of pyridine rings is 2. The first-order valence-electron chi connectivity index (χ1n) is 11.3. The number of rotatable bonds is 8. The van der Waals surface area contributed by atoms with Gasteiger partial charge in [-0.05, 0) is 37.0 Å². The van der Waals surface area contributed by atoms with Gasteiger partial charge in [-0.1, -0.05) is 36.5 Å². The number of amides is 1. The van der Waals surface area contributed by atoms with Gasteiger partial charge in [-0.25, -0.2) is 9.97 Å². The maximum atomic E-state index is 11.8. The molecule has 1 fully saturated rings. The van der Waals surface area contributed by atoms with Crippen LogP contribution in [-0.2, 0) is 6.42 Å². The van der Waals surface area contributed by atoms with E-state index in [-0.39, 0.29) is 16.2 Å². The van der Waals surface area contributed by atoms with Crippen LogP contribution in [0.25, 0.3) is 10.2 Å². The second kappa shape index (κ2) is 10.6. The highest BCUT2D eigenvalue weighted by Crippen LogP contribution is 2.37. The molecule has 0 aromatic carbocycles. The zero-order valence-electron chi connectivity index (χ0n) is 18.9. The zero-order valence-corrected chi connectivity index (χ0v) is 21.2. The molecular weight excluding hydrogens is 495 g/mol. The molecule has 4 rings (SSSR count). The Morgan fingerprint density at radius 1 is 1.38 bits per heavy atom. The number of fused-ring (bicyclic) bond motifs is 1. The molecule has 11 heteroatoms. The first kappa shape index (κ1) is 24.9. The Morgan fingerprint density at radius 3 is 2.79 bits per heavy atom. The standard InChI is InChI=1S/C23H28Cl2N6O2S/c1-2-3-12-10-16(30-23-17(12)19(26)20(34-23)22(27)33)31-8-5-13(6-9-31)29-11-15(32)14-4-7-28-21(25)18(14)24/h4,7,10,13,15,29,32H,2-3,5-6,8-9,11,26H2,1H3,(H2,27,33). The van der Waals surface area contributed by atoms with Gasteiger partial charge in [0, 0.05) is 42.8 Å². The highest BCUT2D eigenvalue weighted by atomic mass is 35.5. The molecule has 1 amide bonds. The quantitative estimate of drug-likeness (QED) is 0.329. The van der Waals surface area contributed by atoms with Crippen molar-refractivity contribution in [2.24, 2.45) is 5.73 Å². The average Bonchev–Trinajstić information content (AvgIpc) is 3.16. The molecule has 0 radical (unpaired) electrons. The van der Waals surface area contributed by atoms with Crippen molar-refractivity contribution in [3.63, 3.8) is 0 Å². The number of thiophene rings is 1. The third kappa shape index (κ3) is 5.08. The largest absolute Gasteiger partial charge is 0.397 e. The lowest BCUT2D eigenvalue weighted by atomic mass is 10.0. The van der Waals surface area contributed by atoms with Crippen LogP contribution in [0, 0.1) is 0 Å². The van der Waals surface area contributed by atoms with E-state index in [9.17, 15) is 9.90 Å². The monoisotopic (exact) mass is 522 g/mol. The Kier molecular flexibility index (Phi) is 7.79. The minimum Gasteiger partial charge on any atom is -0.397 e. The van der Waals surface area contributed by atoms with Gasteiger partial charge in [0.1, 0.15) is 20.7 Å². The van der Waals surface area contributed by atoms with Crippen molar-refractivity contribution in [2.45, 2.75) is 44.8 Å². The summed E-state index contributed by atoms with van der Waals surface area (Å²) in [6.07, 6.45) is 4.38. The number of carbonyl (C=O) groups is 1. The number of aromatic nitrogens is 2. The fourth-order valence-electron chi connectivity index (χ4n) is 4.39. The number of nitrogens with two attached hydrogens (primary N) is 2. The van der Waals surface area contributed by atoms with E-state index in [4.69, 9.17) is 39.7 Å². The van der Waals surface area contributed by atoms with Crippen LogP contribution >= 0.6 is 34.5 Å². The summed E-state index contributed by atoms with van der Waals surface area (Å²) in [5, 5.41) is 15.3. The van der Waals surface area contributed by atoms with E-state index in [1.807, 2.05) is 0 Å². The predicted octanol–water partition coefficient (Wildman–Crippen LogP) is 3.92. The molecule has 0 saturated carbocycles. The fourth-order valence-corrected chi connectivity index (χ4v) is 5.78. The Balaban J connectivity index is 1.43. The molecule has 1 atom stereocenters. The lowest BCUT2D eigenvalue weighted by Gasteiger charge is -2.34. The smallest absolute Gasteiger partial charge is 0.260 e. The fraction of sp³-hybridized carbons (Fsp3) is 0.435. The second-order valence-corrected chi connectivity index (χ2v) is 10.2. The van der Waals surface area contributed by atoms with Crippen molar-refractivity contribution < 1.29 is 9.90 Å². The third-order valence-corrected chi connectivity index (χ3v) is 8.06. The van der Waals surface area contributed by atoms with Crippen LogP contribution in [0.1, 0.15) is 53.1 Å². The molecule has 182 valence electrons. The van der Waals surface area contributed by atoms with Crippen LogP contribution in [0.2, 0.25) is 10.2 Å². The van der Waals surface area contributed by atoms with E-state index in [2.05, 4.69) is 28.2 Å². The molecule has 1 unspecified atom stereocenters. The molecule has 1 saturated heterocycles. The maximum absolute atomic E-state index is 11.8. The SMILES string of the molecule is CCCc1cc(N2CCC(NCC(O)c3ccnc(Cl)c3Cl)CC2)nc2sc(C(N)=O)c(N)c12. The van der Waals surface area contributed by atoms with Gasteiger partial charge in [-0.2, -0.15) is 0 Å². The zero-order chi connectivity index (χ0) is 24.4. The molecule has 0 bridgehead atoms. The number of hydrogen-bond donors (Lipinski definition) is 4. The number of aliphatic hydroxyl groups is 1. The summed E-state index contributed by atoms with van der Waals surface area (Å²) in [6.45, 7) is 4.13. The van der Waals surface area contributed by atoms with Crippen LogP contribution in [0.3, 0.4) is 0 Å². The number of primary amides is 1. The highest BCUT2D eigenvalue weighted by Gasteiger charge is 2.24. The second-order valence-electron chi connectivity index (χ2n) is 8.47. The maximum Gasteiger partial charge on any atom is 0.260 e. The van der Waals surface area contributed by atoms with Crippen LogP contribution in [0.4, 0.5) is 11.5 Å². The third-order valence-electron chi connectivity index (χ3n) is 6.16. The number of nitrogen functional groups attached to an aromatic ring is 1. The van der Waals surface area contributed by atoms with Gasteiger partial charge in [0.2, 0.25) is 0 Å². The molecule has 3 aromatic heterocycles. The van der Waals surface area contributed by atoms with Gasteiger partial charge in [0.05, 0.1) is 16.8 Å². The summed E-state index contributed by atoms with van der Waals surface area (Å²) < 4.78 is 0. The first-order valence-corrected chi connectivity index (χ1v) is 12.8. The van der Waals surface area contributed by atoms with Gasteiger partial charge in [-0.15, -0.1) is 11.3 Å².